The molecule has 118 valence electrons. The Bertz CT molecular complexity index is 617. The van der Waals surface area contributed by atoms with Crippen LogP contribution in [0, 0.1) is 5.92 Å². The predicted octanol–water partition coefficient (Wildman–Crippen LogP) is 3.72. The van der Waals surface area contributed by atoms with Crippen LogP contribution in [0.2, 0.25) is 5.02 Å². The lowest BCUT2D eigenvalue weighted by Crippen LogP contribution is -2.35. The summed E-state index contributed by atoms with van der Waals surface area (Å²) in [5.74, 6) is 0.893. The van der Waals surface area contributed by atoms with Gasteiger partial charge in [0.15, 0.2) is 0 Å². The first kappa shape index (κ1) is 16.6. The Balaban J connectivity index is 2.32. The van der Waals surface area contributed by atoms with Crippen molar-refractivity contribution in [2.24, 2.45) is 13.0 Å². The van der Waals surface area contributed by atoms with E-state index >= 15 is 0 Å². The van der Waals surface area contributed by atoms with Crippen molar-refractivity contribution in [1.29, 1.82) is 0 Å². The molecule has 1 atom stereocenters. The molecule has 0 aliphatic rings. The highest BCUT2D eigenvalue weighted by molar-refractivity contribution is 6.30. The molecule has 1 unspecified atom stereocenters. The zero-order valence-electron chi connectivity index (χ0n) is 13.2. The quantitative estimate of drug-likeness (QED) is 0.882. The molecule has 22 heavy (non-hydrogen) atoms. The van der Waals surface area contributed by atoms with Gasteiger partial charge in [-0.3, -0.25) is 4.79 Å². The number of imidazole rings is 1. The largest absolute Gasteiger partial charge is 0.342 e. The molecule has 4 nitrogen and oxygen atoms in total. The maximum absolute atomic E-state index is 12.5. The van der Waals surface area contributed by atoms with E-state index in [0.717, 1.165) is 24.2 Å². The normalized spacial score (nSPS) is 12.4. The molecule has 2 aromatic rings. The van der Waals surface area contributed by atoms with Crippen LogP contribution in [0.5, 0.6) is 0 Å². The van der Waals surface area contributed by atoms with E-state index in [-0.39, 0.29) is 17.9 Å². The summed E-state index contributed by atoms with van der Waals surface area (Å²) in [6.45, 7) is 4.07. The van der Waals surface area contributed by atoms with Crippen molar-refractivity contribution in [3.8, 4) is 0 Å². The van der Waals surface area contributed by atoms with Gasteiger partial charge in [0.05, 0.1) is 0 Å². The average molecular weight is 320 g/mol. The summed E-state index contributed by atoms with van der Waals surface area (Å²) >= 11 is 5.97. The van der Waals surface area contributed by atoms with E-state index in [0.29, 0.717) is 5.02 Å². The van der Waals surface area contributed by atoms with Crippen LogP contribution in [0.1, 0.15) is 44.1 Å². The van der Waals surface area contributed by atoms with Crippen molar-refractivity contribution in [3.63, 3.8) is 0 Å². The number of nitrogens with one attached hydrogen (secondary N) is 1. The summed E-state index contributed by atoms with van der Waals surface area (Å²) in [4.78, 5) is 16.9. The van der Waals surface area contributed by atoms with Gasteiger partial charge in [-0.1, -0.05) is 37.6 Å². The maximum atomic E-state index is 12.5. The Labute approximate surface area is 136 Å². The molecule has 1 aromatic heterocycles. The van der Waals surface area contributed by atoms with Crippen LogP contribution in [0.4, 0.5) is 0 Å². The van der Waals surface area contributed by atoms with Crippen LogP contribution in [0.25, 0.3) is 0 Å². The first-order valence-corrected chi connectivity index (χ1v) is 7.97. The molecular weight excluding hydrogens is 298 g/mol. The van der Waals surface area contributed by atoms with E-state index in [4.69, 9.17) is 11.6 Å². The van der Waals surface area contributed by atoms with Crippen LogP contribution in [-0.4, -0.2) is 15.5 Å². The molecule has 0 bridgehead atoms. The van der Waals surface area contributed by atoms with Crippen LogP contribution in [0.15, 0.2) is 36.7 Å². The highest BCUT2D eigenvalue weighted by Crippen LogP contribution is 2.23. The molecule has 0 aliphatic carbocycles. The second-order valence-electron chi connectivity index (χ2n) is 5.40. The zero-order chi connectivity index (χ0) is 16.1. The lowest BCUT2D eigenvalue weighted by atomic mass is 10.0. The molecule has 0 fully saturated rings. The van der Waals surface area contributed by atoms with Crippen molar-refractivity contribution >= 4 is 17.5 Å². The second kappa shape index (κ2) is 7.45. The topological polar surface area (TPSA) is 46.9 Å². The number of halogens is 1. The highest BCUT2D eigenvalue weighted by Gasteiger charge is 2.23. The number of aromatic nitrogens is 2. The third-order valence-corrected chi connectivity index (χ3v) is 4.21. The van der Waals surface area contributed by atoms with Gasteiger partial charge in [-0.15, -0.1) is 0 Å². The van der Waals surface area contributed by atoms with E-state index in [9.17, 15) is 4.79 Å². The summed E-state index contributed by atoms with van der Waals surface area (Å²) in [5, 5.41) is 3.81. The average Bonchev–Trinajstić information content (AvgIpc) is 2.93. The number of rotatable bonds is 6. The lowest BCUT2D eigenvalue weighted by molar-refractivity contribution is -0.125. The van der Waals surface area contributed by atoms with Crippen molar-refractivity contribution in [1.82, 2.24) is 14.9 Å². The summed E-state index contributed by atoms with van der Waals surface area (Å²) < 4.78 is 1.92. The monoisotopic (exact) mass is 319 g/mol. The first-order chi connectivity index (χ1) is 10.6. The van der Waals surface area contributed by atoms with Gasteiger partial charge in [-0.05, 0) is 30.5 Å². The van der Waals surface area contributed by atoms with Gasteiger partial charge in [-0.2, -0.15) is 0 Å². The fourth-order valence-corrected chi connectivity index (χ4v) is 2.65. The number of carbonyl (C=O) groups excluding carboxylic acids is 1. The maximum Gasteiger partial charge on any atom is 0.223 e. The van der Waals surface area contributed by atoms with E-state index in [2.05, 4.69) is 10.3 Å². The Morgan fingerprint density at radius 3 is 2.41 bits per heavy atom. The smallest absolute Gasteiger partial charge is 0.223 e. The molecule has 1 aromatic carbocycles. The third kappa shape index (κ3) is 3.69. The minimum absolute atomic E-state index is 0.0232. The summed E-state index contributed by atoms with van der Waals surface area (Å²) in [6, 6.07) is 7.24. The van der Waals surface area contributed by atoms with Gasteiger partial charge in [0.1, 0.15) is 11.9 Å². The van der Waals surface area contributed by atoms with Crippen LogP contribution < -0.4 is 5.32 Å². The Morgan fingerprint density at radius 2 is 1.91 bits per heavy atom. The minimum Gasteiger partial charge on any atom is -0.342 e. The van der Waals surface area contributed by atoms with Crippen molar-refractivity contribution < 1.29 is 4.79 Å². The van der Waals surface area contributed by atoms with Crippen LogP contribution in [0.3, 0.4) is 0 Å². The van der Waals surface area contributed by atoms with Crippen LogP contribution >= 0.6 is 11.6 Å². The molecule has 1 amide bonds. The molecule has 0 saturated heterocycles. The first-order valence-electron chi connectivity index (χ1n) is 7.59. The van der Waals surface area contributed by atoms with E-state index in [1.54, 1.807) is 6.20 Å². The zero-order valence-corrected chi connectivity index (χ0v) is 14.0. The van der Waals surface area contributed by atoms with Gasteiger partial charge in [0.25, 0.3) is 0 Å². The highest BCUT2D eigenvalue weighted by atomic mass is 35.5. The number of amides is 1. The van der Waals surface area contributed by atoms with Crippen LogP contribution in [-0.2, 0) is 11.8 Å². The van der Waals surface area contributed by atoms with E-state index in [1.165, 1.54) is 0 Å². The third-order valence-electron chi connectivity index (χ3n) is 3.96. The Kier molecular flexibility index (Phi) is 5.61. The molecule has 0 radical (unpaired) electrons. The summed E-state index contributed by atoms with van der Waals surface area (Å²) in [5.41, 5.74) is 0.970. The molecule has 1 heterocycles. The molecule has 2 rings (SSSR count). The van der Waals surface area contributed by atoms with Gasteiger partial charge in [0, 0.05) is 30.4 Å². The number of hydrogen-bond acceptors (Lipinski definition) is 2. The predicted molar refractivity (Wildman–Crippen MR) is 88.7 cm³/mol. The van der Waals surface area contributed by atoms with Gasteiger partial charge in [-0.25, -0.2) is 4.98 Å². The molecule has 0 aliphatic heterocycles. The number of nitrogens with zero attached hydrogens (tertiary/aromatic N) is 2. The lowest BCUT2D eigenvalue weighted by Gasteiger charge is -2.22. The molecule has 1 N–H and O–H groups in total. The van der Waals surface area contributed by atoms with Gasteiger partial charge in [0.2, 0.25) is 5.91 Å². The molecule has 5 heteroatoms. The van der Waals surface area contributed by atoms with E-state index in [1.807, 2.05) is 55.9 Å². The number of benzene rings is 1. The Hall–Kier alpha value is -1.81. The van der Waals surface area contributed by atoms with Gasteiger partial charge < -0.3 is 9.88 Å². The summed E-state index contributed by atoms with van der Waals surface area (Å²) in [6.07, 6.45) is 5.27. The second-order valence-corrected chi connectivity index (χ2v) is 5.84. The van der Waals surface area contributed by atoms with Crippen molar-refractivity contribution in [2.45, 2.75) is 32.7 Å². The number of aryl methyl sites for hydroxylation is 1. The fourth-order valence-electron chi connectivity index (χ4n) is 2.53. The molecule has 0 spiro atoms. The number of hydrogen-bond donors (Lipinski definition) is 1. The van der Waals surface area contributed by atoms with Crippen molar-refractivity contribution in [3.05, 3.63) is 53.1 Å². The minimum atomic E-state index is -0.273. The Morgan fingerprint density at radius 1 is 1.27 bits per heavy atom. The van der Waals surface area contributed by atoms with Crippen molar-refractivity contribution in [2.75, 3.05) is 0 Å². The SMILES string of the molecule is CCC(CC)C(=O)NC(c1ccc(Cl)cc1)c1nccn1C. The summed E-state index contributed by atoms with van der Waals surface area (Å²) in [7, 11) is 1.93. The van der Waals surface area contributed by atoms with Gasteiger partial charge >= 0.3 is 0 Å². The fraction of sp³-hybridized carbons (Fsp3) is 0.412. The van der Waals surface area contributed by atoms with E-state index < -0.39 is 0 Å². The standard InChI is InChI=1S/C17H22ClN3O/c1-4-12(5-2)17(22)20-15(16-19-10-11-21(16)3)13-6-8-14(18)9-7-13/h6-12,15H,4-5H2,1-3H3,(H,20,22). The number of carbonyl (C=O) groups is 1. The molecule has 0 saturated carbocycles. The molecular formula is C17H22ClN3O.